The summed E-state index contributed by atoms with van der Waals surface area (Å²) in [7, 11) is 3.21. The van der Waals surface area contributed by atoms with Crippen LogP contribution >= 0.6 is 0 Å². The summed E-state index contributed by atoms with van der Waals surface area (Å²) >= 11 is 0. The van der Waals surface area contributed by atoms with Crippen molar-refractivity contribution in [1.82, 2.24) is 19.6 Å². The Bertz CT molecular complexity index is 1430. The van der Waals surface area contributed by atoms with Gasteiger partial charge in [0.05, 0.1) is 19.8 Å². The minimum Gasteiger partial charge on any atom is -0.493 e. The van der Waals surface area contributed by atoms with Gasteiger partial charge < -0.3 is 14.2 Å². The van der Waals surface area contributed by atoms with Crippen molar-refractivity contribution < 1.29 is 19.0 Å². The molecule has 8 nitrogen and oxygen atoms in total. The number of benzene rings is 2. The normalized spacial score (nSPS) is 15.1. The topological polar surface area (TPSA) is 87.8 Å². The minimum absolute atomic E-state index is 0.0518. The summed E-state index contributed by atoms with van der Waals surface area (Å²) in [6.45, 7) is 3.36. The van der Waals surface area contributed by atoms with Gasteiger partial charge in [-0.25, -0.2) is 14.5 Å². The quantitative estimate of drug-likeness (QED) is 0.431. The Morgan fingerprint density at radius 3 is 2.56 bits per heavy atom. The first-order valence-electron chi connectivity index (χ1n) is 10.9. The molecule has 0 amide bonds. The molecule has 1 aliphatic rings. The van der Waals surface area contributed by atoms with Crippen molar-refractivity contribution in [3.05, 3.63) is 88.7 Å². The second-order valence-electron chi connectivity index (χ2n) is 8.10. The van der Waals surface area contributed by atoms with Crippen LogP contribution in [-0.2, 0) is 11.2 Å². The van der Waals surface area contributed by atoms with Crippen molar-refractivity contribution in [3.8, 4) is 17.4 Å². The Kier molecular flexibility index (Phi) is 5.49. The van der Waals surface area contributed by atoms with Crippen molar-refractivity contribution in [1.29, 1.82) is 0 Å². The van der Waals surface area contributed by atoms with Gasteiger partial charge >= 0.3 is 0 Å². The maximum Gasteiger partial charge on any atom is 0.228 e. The molecule has 0 N–H and O–H groups in total. The molecule has 0 bridgehead atoms. The van der Waals surface area contributed by atoms with Crippen molar-refractivity contribution >= 4 is 11.4 Å². The van der Waals surface area contributed by atoms with Crippen molar-refractivity contribution in [2.75, 3.05) is 14.2 Å². The predicted molar refractivity (Wildman–Crippen MR) is 125 cm³/mol. The second kappa shape index (κ2) is 8.62. The van der Waals surface area contributed by atoms with E-state index in [2.05, 4.69) is 10.1 Å². The Morgan fingerprint density at radius 2 is 1.85 bits per heavy atom. The zero-order valence-electron chi connectivity index (χ0n) is 19.4. The van der Waals surface area contributed by atoms with E-state index in [1.165, 1.54) is 0 Å². The highest BCUT2D eigenvalue weighted by atomic mass is 16.5. The molecule has 1 unspecified atom stereocenters. The molecule has 4 aromatic rings. The van der Waals surface area contributed by atoms with E-state index < -0.39 is 0 Å². The highest BCUT2D eigenvalue weighted by molar-refractivity contribution is 5.97. The van der Waals surface area contributed by atoms with E-state index in [0.29, 0.717) is 46.6 Å². The van der Waals surface area contributed by atoms with E-state index in [1.54, 1.807) is 38.9 Å². The molecule has 8 heteroatoms. The van der Waals surface area contributed by atoms with Crippen LogP contribution in [0.25, 0.3) is 5.65 Å². The van der Waals surface area contributed by atoms with Gasteiger partial charge in [0.1, 0.15) is 12.1 Å². The number of aromatic nitrogens is 4. The fourth-order valence-corrected chi connectivity index (χ4v) is 4.46. The number of carbonyl (C=O) groups excluding carboxylic acids is 1. The summed E-state index contributed by atoms with van der Waals surface area (Å²) in [5.74, 6) is 2.51. The molecule has 0 fully saturated rings. The number of fused-ring (bicyclic) bond motifs is 3. The molecule has 34 heavy (non-hydrogen) atoms. The Morgan fingerprint density at radius 1 is 1.09 bits per heavy atom. The Labute approximate surface area is 196 Å². The maximum atomic E-state index is 12.7. The maximum absolute atomic E-state index is 12.7. The van der Waals surface area contributed by atoms with Gasteiger partial charge in [-0.1, -0.05) is 36.4 Å². The average Bonchev–Trinajstić information content (AvgIpc) is 3.25. The lowest BCUT2D eigenvalue weighted by molar-refractivity contribution is -0.114. The van der Waals surface area contributed by atoms with Crippen LogP contribution < -0.4 is 14.2 Å². The van der Waals surface area contributed by atoms with Crippen molar-refractivity contribution in [2.45, 2.75) is 26.2 Å². The van der Waals surface area contributed by atoms with Gasteiger partial charge in [-0.05, 0) is 37.1 Å². The van der Waals surface area contributed by atoms with Crippen LogP contribution in [0.5, 0.6) is 17.4 Å². The van der Waals surface area contributed by atoms with Crippen molar-refractivity contribution in [3.63, 3.8) is 0 Å². The third kappa shape index (κ3) is 3.67. The molecule has 5 rings (SSSR count). The third-order valence-corrected chi connectivity index (χ3v) is 5.96. The van der Waals surface area contributed by atoms with E-state index in [4.69, 9.17) is 19.2 Å². The summed E-state index contributed by atoms with van der Waals surface area (Å²) in [5, 5.41) is 4.65. The first kappa shape index (κ1) is 21.6. The van der Waals surface area contributed by atoms with Crippen LogP contribution in [0.3, 0.4) is 0 Å². The molecular weight excluding hydrogens is 432 g/mol. The standard InChI is InChI=1S/C26H24N4O4/c1-15(31)22-16(2)34-26-24(23(22)18-8-6-5-7-9-18)25-28-21(29-30(25)14-27-26)13-17-10-11-19(32-3)20(12-17)33-4/h5-12,14,23H,13H2,1-4H3. The molecule has 2 aromatic heterocycles. The van der Waals surface area contributed by atoms with Gasteiger partial charge in [-0.15, -0.1) is 5.10 Å². The molecule has 3 heterocycles. The van der Waals surface area contributed by atoms with E-state index in [1.807, 2.05) is 48.5 Å². The van der Waals surface area contributed by atoms with Crippen LogP contribution in [0.15, 0.2) is 66.2 Å². The van der Waals surface area contributed by atoms with Crippen LogP contribution in [0.1, 0.15) is 42.3 Å². The number of ether oxygens (including phenoxy) is 3. The smallest absolute Gasteiger partial charge is 0.228 e. The van der Waals surface area contributed by atoms with Gasteiger partial charge in [0.25, 0.3) is 0 Å². The second-order valence-corrected chi connectivity index (χ2v) is 8.10. The van der Waals surface area contributed by atoms with E-state index in [0.717, 1.165) is 16.7 Å². The number of nitrogens with zero attached hydrogens (tertiary/aromatic N) is 4. The number of ketones is 1. The van der Waals surface area contributed by atoms with Crippen molar-refractivity contribution in [2.24, 2.45) is 0 Å². The predicted octanol–water partition coefficient (Wildman–Crippen LogP) is 4.12. The summed E-state index contributed by atoms with van der Waals surface area (Å²) in [5.41, 5.74) is 3.89. The van der Waals surface area contributed by atoms with E-state index in [9.17, 15) is 4.79 Å². The highest BCUT2D eigenvalue weighted by Gasteiger charge is 2.35. The fourth-order valence-electron chi connectivity index (χ4n) is 4.46. The first-order chi connectivity index (χ1) is 16.5. The molecule has 0 radical (unpaired) electrons. The number of carbonyl (C=O) groups is 1. The number of methoxy groups -OCH3 is 2. The summed E-state index contributed by atoms with van der Waals surface area (Å²) in [6.07, 6.45) is 2.08. The molecule has 0 spiro atoms. The molecule has 2 aromatic carbocycles. The molecule has 0 saturated carbocycles. The molecule has 0 aliphatic carbocycles. The number of allylic oxidation sites excluding steroid dienone is 2. The lowest BCUT2D eigenvalue weighted by Gasteiger charge is -2.28. The minimum atomic E-state index is -0.350. The molecular formula is C26H24N4O4. The van der Waals surface area contributed by atoms with Crippen LogP contribution in [0, 0.1) is 0 Å². The molecule has 1 atom stereocenters. The van der Waals surface area contributed by atoms with Gasteiger partial charge in [0.15, 0.2) is 28.8 Å². The monoisotopic (exact) mass is 456 g/mol. The number of hydrogen-bond donors (Lipinski definition) is 0. The average molecular weight is 457 g/mol. The van der Waals surface area contributed by atoms with E-state index >= 15 is 0 Å². The lowest BCUT2D eigenvalue weighted by atomic mass is 9.82. The summed E-state index contributed by atoms with van der Waals surface area (Å²) in [4.78, 5) is 22.0. The first-order valence-corrected chi connectivity index (χ1v) is 10.9. The van der Waals surface area contributed by atoms with Gasteiger partial charge in [0, 0.05) is 17.9 Å². The van der Waals surface area contributed by atoms with Crippen LogP contribution in [0.4, 0.5) is 0 Å². The zero-order chi connectivity index (χ0) is 23.8. The lowest BCUT2D eigenvalue weighted by Crippen LogP contribution is -2.22. The highest BCUT2D eigenvalue weighted by Crippen LogP contribution is 2.44. The third-order valence-electron chi connectivity index (χ3n) is 5.96. The molecule has 0 saturated heterocycles. The van der Waals surface area contributed by atoms with Gasteiger partial charge in [-0.2, -0.15) is 0 Å². The fraction of sp³-hybridized carbons (Fsp3) is 0.231. The largest absolute Gasteiger partial charge is 0.493 e. The molecule has 172 valence electrons. The number of hydrogen-bond acceptors (Lipinski definition) is 7. The Hall–Kier alpha value is -4.20. The zero-order valence-corrected chi connectivity index (χ0v) is 19.4. The van der Waals surface area contributed by atoms with Gasteiger partial charge in [-0.3, -0.25) is 4.79 Å². The van der Waals surface area contributed by atoms with Crippen LogP contribution in [-0.4, -0.2) is 39.6 Å². The van der Waals surface area contributed by atoms with Crippen LogP contribution in [0.2, 0.25) is 0 Å². The van der Waals surface area contributed by atoms with E-state index in [-0.39, 0.29) is 11.7 Å². The van der Waals surface area contributed by atoms with Gasteiger partial charge in [0.2, 0.25) is 5.88 Å². The SMILES string of the molecule is COc1ccc(Cc2nc3c4c(ncn3n2)OC(C)=C(C(C)=O)C4c2ccccc2)cc1OC. The summed E-state index contributed by atoms with van der Waals surface area (Å²) < 4.78 is 18.4. The Balaban J connectivity index is 1.63. The number of rotatable bonds is 6. The summed E-state index contributed by atoms with van der Waals surface area (Å²) in [6, 6.07) is 15.6. The number of Topliss-reactive ketones (excluding diaryl/α,β-unsaturated/α-hetero) is 1. The molecule has 1 aliphatic heterocycles.